The molecule has 4 rings (SSSR count). The summed E-state index contributed by atoms with van der Waals surface area (Å²) >= 11 is 0. The lowest BCUT2D eigenvalue weighted by atomic mass is 9.89. The van der Waals surface area contributed by atoms with Crippen LogP contribution in [0.5, 0.6) is 5.75 Å². The van der Waals surface area contributed by atoms with Gasteiger partial charge in [-0.15, -0.1) is 0 Å². The molecule has 0 saturated carbocycles. The molecule has 2 N–H and O–H groups in total. The fourth-order valence-electron chi connectivity index (χ4n) is 4.34. The summed E-state index contributed by atoms with van der Waals surface area (Å²) in [5, 5.41) is 9.58. The van der Waals surface area contributed by atoms with Gasteiger partial charge >= 0.3 is 6.09 Å². The van der Waals surface area contributed by atoms with Crippen LogP contribution in [0.3, 0.4) is 0 Å². The zero-order chi connectivity index (χ0) is 22.0. The molecule has 31 heavy (non-hydrogen) atoms. The lowest BCUT2D eigenvalue weighted by Crippen LogP contribution is -2.39. The molecule has 1 aliphatic rings. The third kappa shape index (κ3) is 4.37. The van der Waals surface area contributed by atoms with Crippen LogP contribution >= 0.6 is 0 Å². The van der Waals surface area contributed by atoms with Gasteiger partial charge in [-0.1, -0.05) is 18.2 Å². The molecule has 1 saturated heterocycles. The van der Waals surface area contributed by atoms with Crippen LogP contribution in [0.2, 0.25) is 0 Å². The van der Waals surface area contributed by atoms with Gasteiger partial charge in [0.1, 0.15) is 5.75 Å². The molecule has 0 unspecified atom stereocenters. The number of hydrogen-bond acceptors (Lipinski definition) is 3. The molecule has 1 amide bonds. The second-order valence-corrected chi connectivity index (χ2v) is 8.14. The molecular formula is C24H28FN3O3. The van der Waals surface area contributed by atoms with E-state index in [4.69, 9.17) is 9.84 Å². The van der Waals surface area contributed by atoms with Gasteiger partial charge in [0, 0.05) is 36.6 Å². The molecule has 7 heteroatoms. The molecule has 1 fully saturated rings. The number of piperidine rings is 1. The van der Waals surface area contributed by atoms with E-state index in [1.165, 1.54) is 4.90 Å². The summed E-state index contributed by atoms with van der Waals surface area (Å²) < 4.78 is 20.7. The molecule has 0 spiro atoms. The number of carboxylic acid groups (broad SMARTS) is 1. The molecule has 1 aromatic heterocycles. The summed E-state index contributed by atoms with van der Waals surface area (Å²) in [7, 11) is 3.18. The smallest absolute Gasteiger partial charge is 0.407 e. The molecule has 0 bridgehead atoms. The highest BCUT2D eigenvalue weighted by Crippen LogP contribution is 2.36. The van der Waals surface area contributed by atoms with E-state index in [-0.39, 0.29) is 5.82 Å². The number of nitrogens with zero attached hydrogens (tertiary/aromatic N) is 2. The molecule has 2 heterocycles. The Morgan fingerprint density at radius 2 is 2.00 bits per heavy atom. The maximum Gasteiger partial charge on any atom is 0.407 e. The number of amides is 1. The normalized spacial score (nSPS) is 15.3. The monoisotopic (exact) mass is 425 g/mol. The van der Waals surface area contributed by atoms with E-state index < -0.39 is 6.09 Å². The molecule has 164 valence electrons. The maximum atomic E-state index is 15.3. The van der Waals surface area contributed by atoms with Gasteiger partial charge in [0.05, 0.1) is 12.8 Å². The predicted molar refractivity (Wildman–Crippen MR) is 119 cm³/mol. The van der Waals surface area contributed by atoms with E-state index in [0.29, 0.717) is 34.9 Å². The Morgan fingerprint density at radius 3 is 2.71 bits per heavy atom. The second-order valence-electron chi connectivity index (χ2n) is 8.14. The first-order chi connectivity index (χ1) is 15.0. The fraction of sp³-hybridized carbons (Fsp3) is 0.375. The third-order valence-corrected chi connectivity index (χ3v) is 6.27. The minimum atomic E-state index is -0.899. The number of hydrogen-bond donors (Lipinski definition) is 2. The van der Waals surface area contributed by atoms with Crippen molar-refractivity contribution in [2.45, 2.75) is 18.8 Å². The molecular weight excluding hydrogens is 397 g/mol. The lowest BCUT2D eigenvalue weighted by Gasteiger charge is -2.33. The van der Waals surface area contributed by atoms with Crippen LogP contribution in [-0.4, -0.2) is 66.3 Å². The van der Waals surface area contributed by atoms with Crippen LogP contribution in [0, 0.1) is 5.82 Å². The van der Waals surface area contributed by atoms with Gasteiger partial charge in [0.15, 0.2) is 5.82 Å². The Labute approximate surface area is 181 Å². The topological polar surface area (TPSA) is 68.8 Å². The number of rotatable bonds is 6. The van der Waals surface area contributed by atoms with E-state index in [9.17, 15) is 4.79 Å². The number of likely N-dealkylation sites (tertiary alicyclic amines) is 1. The molecule has 0 aliphatic carbocycles. The van der Waals surface area contributed by atoms with Crippen LogP contribution in [-0.2, 0) is 0 Å². The number of aromatic amines is 1. The molecule has 0 radical (unpaired) electrons. The zero-order valence-corrected chi connectivity index (χ0v) is 17.9. The van der Waals surface area contributed by atoms with Gasteiger partial charge in [0.25, 0.3) is 0 Å². The number of H-pyrrole nitrogens is 1. The van der Waals surface area contributed by atoms with Crippen molar-refractivity contribution < 1.29 is 19.0 Å². The van der Waals surface area contributed by atoms with Crippen LogP contribution < -0.4 is 4.74 Å². The predicted octanol–water partition coefficient (Wildman–Crippen LogP) is 4.77. The Balaban J connectivity index is 1.49. The summed E-state index contributed by atoms with van der Waals surface area (Å²) in [5.74, 6) is 0.756. The summed E-state index contributed by atoms with van der Waals surface area (Å²) in [5.41, 5.74) is 3.08. The minimum Gasteiger partial charge on any atom is -0.496 e. The fourth-order valence-corrected chi connectivity index (χ4v) is 4.34. The highest BCUT2D eigenvalue weighted by atomic mass is 19.1. The molecule has 3 aromatic rings. The second kappa shape index (κ2) is 8.98. The molecule has 6 nitrogen and oxygen atoms in total. The Bertz CT molecular complexity index is 1070. The van der Waals surface area contributed by atoms with Gasteiger partial charge < -0.3 is 24.6 Å². The van der Waals surface area contributed by atoms with Crippen LogP contribution in [0.25, 0.3) is 22.2 Å². The third-order valence-electron chi connectivity index (χ3n) is 6.27. The largest absolute Gasteiger partial charge is 0.496 e. The van der Waals surface area contributed by atoms with Gasteiger partial charge in [0.2, 0.25) is 0 Å². The number of nitrogens with one attached hydrogen (secondary N) is 1. The quantitative estimate of drug-likeness (QED) is 0.597. The number of benzene rings is 2. The van der Waals surface area contributed by atoms with E-state index in [2.05, 4.69) is 16.0 Å². The van der Waals surface area contributed by atoms with Crippen molar-refractivity contribution in [3.05, 3.63) is 53.8 Å². The molecule has 0 atom stereocenters. The average Bonchev–Trinajstić information content (AvgIpc) is 3.13. The maximum absolute atomic E-state index is 15.3. The van der Waals surface area contributed by atoms with Gasteiger partial charge in [-0.2, -0.15) is 0 Å². The summed E-state index contributed by atoms with van der Waals surface area (Å²) in [6, 6.07) is 13.4. The SMILES string of the molecule is COc1ccccc1-c1[nH]c2ccc(C3CCN(CCN(C)C(=O)O)CC3)cc2c1F. The first-order valence-electron chi connectivity index (χ1n) is 10.6. The number of para-hydroxylation sites is 1. The number of halogens is 1. The Hall–Kier alpha value is -3.06. The van der Waals surface area contributed by atoms with Gasteiger partial charge in [-0.3, -0.25) is 0 Å². The first-order valence-corrected chi connectivity index (χ1v) is 10.6. The van der Waals surface area contributed by atoms with Crippen LogP contribution in [0.4, 0.5) is 9.18 Å². The van der Waals surface area contributed by atoms with Crippen molar-refractivity contribution in [3.63, 3.8) is 0 Å². The Kier molecular flexibility index (Phi) is 6.13. The number of carbonyl (C=O) groups is 1. The van der Waals surface area contributed by atoms with Crippen molar-refractivity contribution in [3.8, 4) is 17.0 Å². The lowest BCUT2D eigenvalue weighted by molar-refractivity contribution is 0.142. The van der Waals surface area contributed by atoms with Crippen molar-refractivity contribution in [1.29, 1.82) is 0 Å². The highest BCUT2D eigenvalue weighted by molar-refractivity contribution is 5.88. The van der Waals surface area contributed by atoms with E-state index in [1.54, 1.807) is 14.2 Å². The summed E-state index contributed by atoms with van der Waals surface area (Å²) in [6.07, 6.45) is 1.06. The molecule has 2 aromatic carbocycles. The van der Waals surface area contributed by atoms with Gasteiger partial charge in [-0.05, 0) is 61.7 Å². The summed E-state index contributed by atoms with van der Waals surface area (Å²) in [4.78, 5) is 17.8. The first kappa shape index (κ1) is 21.2. The molecule has 1 aliphatic heterocycles. The summed E-state index contributed by atoms with van der Waals surface area (Å²) in [6.45, 7) is 3.08. The van der Waals surface area contributed by atoms with Crippen molar-refractivity contribution in [1.82, 2.24) is 14.8 Å². The number of likely N-dealkylation sites (N-methyl/N-ethyl adjacent to an activating group) is 1. The van der Waals surface area contributed by atoms with E-state index in [0.717, 1.165) is 43.6 Å². The van der Waals surface area contributed by atoms with E-state index in [1.807, 2.05) is 36.4 Å². The number of aromatic nitrogens is 1. The number of fused-ring (bicyclic) bond motifs is 1. The van der Waals surface area contributed by atoms with E-state index >= 15 is 4.39 Å². The van der Waals surface area contributed by atoms with Crippen LogP contribution in [0.1, 0.15) is 24.3 Å². The van der Waals surface area contributed by atoms with Crippen molar-refractivity contribution >= 4 is 17.0 Å². The van der Waals surface area contributed by atoms with Crippen molar-refractivity contribution in [2.75, 3.05) is 40.3 Å². The Morgan fingerprint density at radius 1 is 1.26 bits per heavy atom. The zero-order valence-electron chi connectivity index (χ0n) is 17.9. The average molecular weight is 426 g/mol. The van der Waals surface area contributed by atoms with Crippen LogP contribution in [0.15, 0.2) is 42.5 Å². The number of methoxy groups -OCH3 is 1. The standard InChI is InChI=1S/C24H28FN3O3/c1-27(24(29)30)13-14-28-11-9-16(10-12-28)17-7-8-20-19(15-17)22(25)23(26-20)18-5-3-4-6-21(18)31-2/h3-8,15-16,26H,9-14H2,1-2H3,(H,29,30). The minimum absolute atomic E-state index is 0.254. The van der Waals surface area contributed by atoms with Gasteiger partial charge in [-0.25, -0.2) is 9.18 Å². The highest BCUT2D eigenvalue weighted by Gasteiger charge is 2.23. The van der Waals surface area contributed by atoms with Crippen molar-refractivity contribution in [2.24, 2.45) is 0 Å². The number of ether oxygens (including phenoxy) is 1.